The summed E-state index contributed by atoms with van der Waals surface area (Å²) in [5, 5.41) is 2.54. The van der Waals surface area contributed by atoms with E-state index in [1.54, 1.807) is 24.3 Å². The normalized spacial score (nSPS) is 21.7. The molecule has 0 spiro atoms. The van der Waals surface area contributed by atoms with Crippen molar-refractivity contribution in [2.24, 2.45) is 0 Å². The monoisotopic (exact) mass is 465 g/mol. The molecule has 0 radical (unpaired) electrons. The van der Waals surface area contributed by atoms with Crippen molar-refractivity contribution < 1.29 is 9.59 Å². The second-order valence-corrected chi connectivity index (χ2v) is 9.48. The first-order valence-corrected chi connectivity index (χ1v) is 12.2. The molecule has 8 nitrogen and oxygen atoms in total. The molecule has 3 unspecified atom stereocenters. The van der Waals surface area contributed by atoms with Gasteiger partial charge in [-0.15, -0.1) is 0 Å². The second kappa shape index (κ2) is 10.5. The van der Waals surface area contributed by atoms with Gasteiger partial charge >= 0.3 is 0 Å². The van der Waals surface area contributed by atoms with Crippen molar-refractivity contribution in [1.29, 1.82) is 0 Å². The minimum Gasteiger partial charge on any atom is -0.355 e. The zero-order valence-corrected chi connectivity index (χ0v) is 20.2. The maximum atomic E-state index is 13.5. The Morgan fingerprint density at radius 1 is 1.06 bits per heavy atom. The van der Waals surface area contributed by atoms with Gasteiger partial charge in [-0.25, -0.2) is 5.43 Å². The third-order valence-corrected chi connectivity index (χ3v) is 7.39. The third-order valence-electron chi connectivity index (χ3n) is 7.39. The molecule has 2 heterocycles. The predicted octanol–water partition coefficient (Wildman–Crippen LogP) is 2.78. The van der Waals surface area contributed by atoms with Crippen LogP contribution in [0, 0.1) is 0 Å². The maximum Gasteiger partial charge on any atom is 0.259 e. The van der Waals surface area contributed by atoms with Crippen molar-refractivity contribution in [2.45, 2.75) is 69.6 Å². The lowest BCUT2D eigenvalue weighted by Crippen LogP contribution is -2.49. The molecule has 1 saturated carbocycles. The van der Waals surface area contributed by atoms with Gasteiger partial charge in [-0.1, -0.05) is 49.6 Å². The van der Waals surface area contributed by atoms with E-state index < -0.39 is 11.3 Å². The summed E-state index contributed by atoms with van der Waals surface area (Å²) >= 11 is 0. The van der Waals surface area contributed by atoms with Crippen LogP contribution in [-0.2, 0) is 0 Å². The highest BCUT2D eigenvalue weighted by Gasteiger charge is 2.34. The van der Waals surface area contributed by atoms with Crippen molar-refractivity contribution in [3.05, 3.63) is 69.6 Å². The third kappa shape index (κ3) is 4.93. The van der Waals surface area contributed by atoms with Crippen LogP contribution in [0.4, 0.5) is 0 Å². The number of hydrogen-bond donors (Lipinski definition) is 3. The van der Waals surface area contributed by atoms with Gasteiger partial charge in [0.05, 0.1) is 0 Å². The maximum absolute atomic E-state index is 13.5. The summed E-state index contributed by atoms with van der Waals surface area (Å²) in [7, 11) is 3.22. The van der Waals surface area contributed by atoms with Crippen molar-refractivity contribution in [1.82, 2.24) is 25.6 Å². The number of amides is 2. The fraction of sp³-hybridized carbons (Fsp3) is 0.500. The summed E-state index contributed by atoms with van der Waals surface area (Å²) in [6.45, 7) is 1.98. The Kier molecular flexibility index (Phi) is 7.48. The lowest BCUT2D eigenvalue weighted by molar-refractivity contribution is 0.0712. The topological polar surface area (TPSA) is 95.5 Å². The van der Waals surface area contributed by atoms with Crippen LogP contribution < -0.4 is 21.6 Å². The average Bonchev–Trinajstić information content (AvgIpc) is 3.38. The molecule has 2 aromatic rings. The van der Waals surface area contributed by atoms with E-state index in [0.717, 1.165) is 32.1 Å². The van der Waals surface area contributed by atoms with E-state index in [4.69, 9.17) is 0 Å². The van der Waals surface area contributed by atoms with Gasteiger partial charge in [0.15, 0.2) is 0 Å². The molecule has 1 aliphatic carbocycles. The molecule has 2 amide bonds. The SMILES string of the molecule is CNC(=O)c1cn(C2CCCCC2)cc(C(=O)N(C)C(C)C2CC(c3ccccc3)NN2)c1=O. The van der Waals surface area contributed by atoms with Crippen molar-refractivity contribution in [2.75, 3.05) is 14.1 Å². The summed E-state index contributed by atoms with van der Waals surface area (Å²) < 4.78 is 1.91. The van der Waals surface area contributed by atoms with E-state index in [1.807, 2.05) is 29.7 Å². The summed E-state index contributed by atoms with van der Waals surface area (Å²) in [5.41, 5.74) is 7.38. The standard InChI is InChI=1S/C26H35N5O3/c1-17(22-14-23(29-28-22)18-10-6-4-7-11-18)30(3)26(34)21-16-31(19-12-8-5-9-13-19)15-20(24(21)32)25(33)27-2/h4,6-7,10-11,15-17,19,22-23,28-29H,5,8-9,12-14H2,1-3H3,(H,27,33). The number of nitrogens with zero attached hydrogens (tertiary/aromatic N) is 2. The van der Waals surface area contributed by atoms with Gasteiger partial charge < -0.3 is 14.8 Å². The van der Waals surface area contributed by atoms with Crippen LogP contribution in [-0.4, -0.2) is 47.5 Å². The Labute approximate surface area is 200 Å². The number of hydrazine groups is 1. The molecule has 2 fully saturated rings. The number of hydrogen-bond acceptors (Lipinski definition) is 5. The fourth-order valence-corrected chi connectivity index (χ4v) is 5.08. The molecule has 1 aliphatic heterocycles. The summed E-state index contributed by atoms with van der Waals surface area (Å²) in [6, 6.07) is 10.4. The largest absolute Gasteiger partial charge is 0.355 e. The van der Waals surface area contributed by atoms with Crippen LogP contribution in [0.15, 0.2) is 47.5 Å². The molecular weight excluding hydrogens is 430 g/mol. The number of aromatic nitrogens is 1. The molecule has 8 heteroatoms. The first-order chi connectivity index (χ1) is 16.4. The summed E-state index contributed by atoms with van der Waals surface area (Å²) in [6.07, 6.45) is 9.45. The van der Waals surface area contributed by atoms with Gasteiger partial charge in [-0.2, -0.15) is 0 Å². The van der Waals surface area contributed by atoms with E-state index in [2.05, 4.69) is 28.3 Å². The van der Waals surface area contributed by atoms with E-state index in [9.17, 15) is 14.4 Å². The molecule has 1 aromatic carbocycles. The molecule has 34 heavy (non-hydrogen) atoms. The van der Waals surface area contributed by atoms with E-state index >= 15 is 0 Å². The van der Waals surface area contributed by atoms with Crippen LogP contribution in [0.3, 0.4) is 0 Å². The predicted molar refractivity (Wildman–Crippen MR) is 132 cm³/mol. The highest BCUT2D eigenvalue weighted by atomic mass is 16.2. The number of nitrogens with one attached hydrogen (secondary N) is 3. The molecular formula is C26H35N5O3. The van der Waals surface area contributed by atoms with Crippen LogP contribution in [0.25, 0.3) is 0 Å². The van der Waals surface area contributed by atoms with Gasteiger partial charge in [0.25, 0.3) is 11.8 Å². The smallest absolute Gasteiger partial charge is 0.259 e. The number of pyridine rings is 1. The summed E-state index contributed by atoms with van der Waals surface area (Å²) in [5.74, 6) is -0.829. The van der Waals surface area contributed by atoms with Gasteiger partial charge in [-0.05, 0) is 31.7 Å². The van der Waals surface area contributed by atoms with Crippen LogP contribution >= 0.6 is 0 Å². The van der Waals surface area contributed by atoms with Gasteiger partial charge in [-0.3, -0.25) is 19.8 Å². The van der Waals surface area contributed by atoms with Crippen molar-refractivity contribution in [3.8, 4) is 0 Å². The van der Waals surface area contributed by atoms with Gasteiger partial charge in [0, 0.05) is 50.7 Å². The Morgan fingerprint density at radius 3 is 2.41 bits per heavy atom. The number of rotatable bonds is 6. The van der Waals surface area contributed by atoms with Crippen molar-refractivity contribution >= 4 is 11.8 Å². The minimum atomic E-state index is -0.518. The molecule has 3 N–H and O–H groups in total. The van der Waals surface area contributed by atoms with E-state index in [-0.39, 0.29) is 41.2 Å². The van der Waals surface area contributed by atoms with Gasteiger partial charge in [0.2, 0.25) is 5.43 Å². The number of likely N-dealkylation sites (N-methyl/N-ethyl adjacent to an activating group) is 1. The number of benzene rings is 1. The first-order valence-electron chi connectivity index (χ1n) is 12.2. The minimum absolute atomic E-state index is 0.0156. The fourth-order valence-electron chi connectivity index (χ4n) is 5.08. The Hall–Kier alpha value is -2.97. The zero-order chi connectivity index (χ0) is 24.2. The molecule has 3 atom stereocenters. The number of carbonyl (C=O) groups excluding carboxylic acids is 2. The van der Waals surface area contributed by atoms with Crippen LogP contribution in [0.5, 0.6) is 0 Å². The molecule has 182 valence electrons. The number of carbonyl (C=O) groups is 2. The molecule has 0 bridgehead atoms. The Balaban J connectivity index is 1.57. The van der Waals surface area contributed by atoms with E-state index in [1.165, 1.54) is 19.0 Å². The molecule has 2 aliphatic rings. The quantitative estimate of drug-likeness (QED) is 0.610. The zero-order valence-electron chi connectivity index (χ0n) is 20.2. The molecule has 1 aromatic heterocycles. The Morgan fingerprint density at radius 2 is 1.74 bits per heavy atom. The second-order valence-electron chi connectivity index (χ2n) is 9.48. The average molecular weight is 466 g/mol. The van der Waals surface area contributed by atoms with E-state index in [0.29, 0.717) is 0 Å². The Bertz CT molecular complexity index is 1080. The van der Waals surface area contributed by atoms with Crippen molar-refractivity contribution in [3.63, 3.8) is 0 Å². The first kappa shape index (κ1) is 24.2. The van der Waals surface area contributed by atoms with Gasteiger partial charge in [0.1, 0.15) is 11.1 Å². The lowest BCUT2D eigenvalue weighted by Gasteiger charge is -2.30. The highest BCUT2D eigenvalue weighted by Crippen LogP contribution is 2.29. The van der Waals surface area contributed by atoms with Crippen LogP contribution in [0.1, 0.15) is 83.8 Å². The molecule has 4 rings (SSSR count). The highest BCUT2D eigenvalue weighted by molar-refractivity contribution is 5.99. The summed E-state index contributed by atoms with van der Waals surface area (Å²) in [4.78, 5) is 40.8. The molecule has 1 saturated heterocycles. The lowest BCUT2D eigenvalue weighted by atomic mass is 9.94. The van der Waals surface area contributed by atoms with Crippen LogP contribution in [0.2, 0.25) is 0 Å².